The van der Waals surface area contributed by atoms with Crippen molar-refractivity contribution in [3.05, 3.63) is 23.9 Å². The van der Waals surface area contributed by atoms with E-state index in [0.29, 0.717) is 6.04 Å². The van der Waals surface area contributed by atoms with Crippen molar-refractivity contribution in [2.45, 2.75) is 32.2 Å². The predicted molar refractivity (Wildman–Crippen MR) is 67.6 cm³/mol. The third kappa shape index (κ3) is 2.35. The maximum atomic E-state index is 4.40. The van der Waals surface area contributed by atoms with Gasteiger partial charge in [0.05, 0.1) is 0 Å². The molecule has 0 radical (unpaired) electrons. The summed E-state index contributed by atoms with van der Waals surface area (Å²) in [6.45, 7) is 4.61. The second-order valence-electron chi connectivity index (χ2n) is 4.37. The van der Waals surface area contributed by atoms with E-state index in [1.165, 1.54) is 31.4 Å². The fourth-order valence-corrected chi connectivity index (χ4v) is 2.50. The molecule has 3 nitrogen and oxygen atoms in total. The third-order valence-electron chi connectivity index (χ3n) is 3.45. The molecule has 88 valence electrons. The van der Waals surface area contributed by atoms with Gasteiger partial charge in [-0.1, -0.05) is 19.4 Å². The zero-order valence-electron chi connectivity index (χ0n) is 10.2. The Morgan fingerprint density at radius 1 is 1.44 bits per heavy atom. The summed E-state index contributed by atoms with van der Waals surface area (Å²) < 4.78 is 0. The van der Waals surface area contributed by atoms with Gasteiger partial charge in [0.1, 0.15) is 5.82 Å². The summed E-state index contributed by atoms with van der Waals surface area (Å²) in [5, 5.41) is 3.06. The Morgan fingerprint density at radius 3 is 2.94 bits per heavy atom. The van der Waals surface area contributed by atoms with E-state index < -0.39 is 0 Å². The van der Waals surface area contributed by atoms with Gasteiger partial charge in [0.15, 0.2) is 0 Å². The summed E-state index contributed by atoms with van der Waals surface area (Å²) in [7, 11) is 1.90. The van der Waals surface area contributed by atoms with Gasteiger partial charge in [0.25, 0.3) is 0 Å². The van der Waals surface area contributed by atoms with Crippen LogP contribution in [0.15, 0.2) is 18.3 Å². The number of piperidine rings is 1. The molecule has 1 aliphatic rings. The highest BCUT2D eigenvalue weighted by molar-refractivity contribution is 5.35. The Hall–Kier alpha value is -1.09. The normalized spacial score (nSPS) is 22.0. The van der Waals surface area contributed by atoms with Crippen molar-refractivity contribution in [2.24, 2.45) is 0 Å². The SMILES string of the molecule is CCN1CCCC[C@@H]1c1ccc(NC)nc1. The number of nitrogens with zero attached hydrogens (tertiary/aromatic N) is 2. The topological polar surface area (TPSA) is 28.2 Å². The average molecular weight is 219 g/mol. The summed E-state index contributed by atoms with van der Waals surface area (Å²) in [6, 6.07) is 4.85. The van der Waals surface area contributed by atoms with Crippen molar-refractivity contribution in [1.29, 1.82) is 0 Å². The van der Waals surface area contributed by atoms with Crippen molar-refractivity contribution < 1.29 is 0 Å². The number of nitrogens with one attached hydrogen (secondary N) is 1. The Labute approximate surface area is 97.9 Å². The van der Waals surface area contributed by atoms with Crippen LogP contribution in [0.2, 0.25) is 0 Å². The zero-order valence-corrected chi connectivity index (χ0v) is 10.2. The molecule has 0 unspecified atom stereocenters. The van der Waals surface area contributed by atoms with Gasteiger partial charge in [-0.2, -0.15) is 0 Å². The van der Waals surface area contributed by atoms with Crippen LogP contribution in [0.3, 0.4) is 0 Å². The molecule has 16 heavy (non-hydrogen) atoms. The zero-order chi connectivity index (χ0) is 11.4. The van der Waals surface area contributed by atoms with E-state index in [9.17, 15) is 0 Å². The smallest absolute Gasteiger partial charge is 0.125 e. The largest absolute Gasteiger partial charge is 0.373 e. The standard InChI is InChI=1S/C13H21N3/c1-3-16-9-5-4-6-12(16)11-7-8-13(14-2)15-10-11/h7-8,10,12H,3-6,9H2,1-2H3,(H,14,15)/t12-/m1/s1. The van der Waals surface area contributed by atoms with Crippen LogP contribution >= 0.6 is 0 Å². The number of hydrogen-bond donors (Lipinski definition) is 1. The molecule has 2 heterocycles. The molecule has 2 rings (SSSR count). The second-order valence-corrected chi connectivity index (χ2v) is 4.37. The molecule has 0 amide bonds. The van der Waals surface area contributed by atoms with E-state index in [4.69, 9.17) is 0 Å². The maximum Gasteiger partial charge on any atom is 0.125 e. The molecule has 1 atom stereocenters. The first-order chi connectivity index (χ1) is 7.85. The summed E-state index contributed by atoms with van der Waals surface area (Å²) in [5.74, 6) is 0.947. The first kappa shape index (κ1) is 11.4. The molecule has 0 saturated carbocycles. The Balaban J connectivity index is 2.14. The molecular weight excluding hydrogens is 198 g/mol. The molecule has 1 aromatic heterocycles. The summed E-state index contributed by atoms with van der Waals surface area (Å²) in [4.78, 5) is 6.96. The quantitative estimate of drug-likeness (QED) is 0.847. The fraction of sp³-hybridized carbons (Fsp3) is 0.615. The molecule has 0 bridgehead atoms. The highest BCUT2D eigenvalue weighted by Crippen LogP contribution is 2.30. The molecule has 1 aliphatic heterocycles. The summed E-state index contributed by atoms with van der Waals surface area (Å²) >= 11 is 0. The molecule has 0 aromatic carbocycles. The maximum absolute atomic E-state index is 4.40. The van der Waals surface area contributed by atoms with Gasteiger partial charge >= 0.3 is 0 Å². The van der Waals surface area contributed by atoms with Gasteiger partial charge in [-0.3, -0.25) is 4.90 Å². The van der Waals surface area contributed by atoms with Gasteiger partial charge in [0, 0.05) is 19.3 Å². The van der Waals surface area contributed by atoms with Crippen LogP contribution in [-0.2, 0) is 0 Å². The molecule has 0 spiro atoms. The van der Waals surface area contributed by atoms with E-state index >= 15 is 0 Å². The van der Waals surface area contributed by atoms with E-state index in [1.54, 1.807) is 0 Å². The van der Waals surface area contributed by atoms with Gasteiger partial charge < -0.3 is 5.32 Å². The lowest BCUT2D eigenvalue weighted by molar-refractivity contribution is 0.157. The molecule has 1 aromatic rings. The van der Waals surface area contributed by atoms with Gasteiger partial charge in [-0.25, -0.2) is 4.98 Å². The minimum atomic E-state index is 0.581. The number of hydrogen-bond acceptors (Lipinski definition) is 3. The lowest BCUT2D eigenvalue weighted by Gasteiger charge is -2.35. The highest BCUT2D eigenvalue weighted by atomic mass is 15.2. The van der Waals surface area contributed by atoms with Crippen LogP contribution in [0.4, 0.5) is 5.82 Å². The third-order valence-corrected chi connectivity index (χ3v) is 3.45. The van der Waals surface area contributed by atoms with E-state index in [2.05, 4.69) is 34.3 Å². The minimum absolute atomic E-state index is 0.581. The number of rotatable bonds is 3. The van der Waals surface area contributed by atoms with Crippen LogP contribution in [0.1, 0.15) is 37.8 Å². The number of aromatic nitrogens is 1. The first-order valence-corrected chi connectivity index (χ1v) is 6.23. The van der Waals surface area contributed by atoms with Crippen LogP contribution in [-0.4, -0.2) is 30.0 Å². The van der Waals surface area contributed by atoms with E-state index in [-0.39, 0.29) is 0 Å². The van der Waals surface area contributed by atoms with E-state index in [0.717, 1.165) is 12.4 Å². The van der Waals surface area contributed by atoms with Crippen molar-refractivity contribution in [3.8, 4) is 0 Å². The van der Waals surface area contributed by atoms with E-state index in [1.807, 2.05) is 13.2 Å². The van der Waals surface area contributed by atoms with Crippen molar-refractivity contribution >= 4 is 5.82 Å². The predicted octanol–water partition coefficient (Wildman–Crippen LogP) is 2.67. The van der Waals surface area contributed by atoms with Crippen molar-refractivity contribution in [3.63, 3.8) is 0 Å². The number of anilines is 1. The first-order valence-electron chi connectivity index (χ1n) is 6.23. The number of pyridine rings is 1. The van der Waals surface area contributed by atoms with Crippen molar-refractivity contribution in [1.82, 2.24) is 9.88 Å². The lowest BCUT2D eigenvalue weighted by atomic mass is 9.96. The Bertz CT molecular complexity index is 320. The average Bonchev–Trinajstić information content (AvgIpc) is 2.39. The van der Waals surface area contributed by atoms with Crippen LogP contribution < -0.4 is 5.32 Å². The fourth-order valence-electron chi connectivity index (χ4n) is 2.50. The second kappa shape index (κ2) is 5.30. The summed E-state index contributed by atoms with van der Waals surface area (Å²) in [6.07, 6.45) is 5.97. The molecule has 1 fully saturated rings. The van der Waals surface area contributed by atoms with Crippen LogP contribution in [0, 0.1) is 0 Å². The molecule has 1 N–H and O–H groups in total. The van der Waals surface area contributed by atoms with Gasteiger partial charge in [-0.15, -0.1) is 0 Å². The molecule has 0 aliphatic carbocycles. The van der Waals surface area contributed by atoms with Crippen molar-refractivity contribution in [2.75, 3.05) is 25.5 Å². The lowest BCUT2D eigenvalue weighted by Crippen LogP contribution is -2.33. The number of likely N-dealkylation sites (tertiary alicyclic amines) is 1. The Kier molecular flexibility index (Phi) is 3.78. The van der Waals surface area contributed by atoms with Gasteiger partial charge in [0.2, 0.25) is 0 Å². The Morgan fingerprint density at radius 2 is 2.31 bits per heavy atom. The molecule has 3 heteroatoms. The highest BCUT2D eigenvalue weighted by Gasteiger charge is 2.22. The minimum Gasteiger partial charge on any atom is -0.373 e. The summed E-state index contributed by atoms with van der Waals surface area (Å²) in [5.41, 5.74) is 1.36. The monoisotopic (exact) mass is 219 g/mol. The van der Waals surface area contributed by atoms with Crippen LogP contribution in [0.25, 0.3) is 0 Å². The molecular formula is C13H21N3. The van der Waals surface area contributed by atoms with Gasteiger partial charge in [-0.05, 0) is 37.6 Å². The molecule has 1 saturated heterocycles. The van der Waals surface area contributed by atoms with Crippen LogP contribution in [0.5, 0.6) is 0 Å².